The molecule has 0 aliphatic rings. The van der Waals surface area contributed by atoms with Gasteiger partial charge in [-0.25, -0.2) is 4.79 Å². The van der Waals surface area contributed by atoms with E-state index in [1.807, 2.05) is 43.3 Å². The fourth-order valence-corrected chi connectivity index (χ4v) is 5.13. The van der Waals surface area contributed by atoms with Gasteiger partial charge in [-0.2, -0.15) is 0 Å². The van der Waals surface area contributed by atoms with Gasteiger partial charge in [-0.3, -0.25) is 4.79 Å². The van der Waals surface area contributed by atoms with Gasteiger partial charge in [0.05, 0.1) is 12.1 Å². The maximum atomic E-state index is 13.3. The number of carbonyl (C=O) groups is 2. The van der Waals surface area contributed by atoms with Crippen LogP contribution in [-0.2, 0) is 10.2 Å². The molecule has 6 heteroatoms. The zero-order valence-corrected chi connectivity index (χ0v) is 24.7. The van der Waals surface area contributed by atoms with E-state index in [0.29, 0.717) is 11.3 Å². The molecule has 0 fully saturated rings. The summed E-state index contributed by atoms with van der Waals surface area (Å²) in [6.45, 7) is 16.4. The quantitative estimate of drug-likeness (QED) is 0.242. The number of rotatable bonds is 8. The Balaban J connectivity index is 1.58. The average molecular weight is 541 g/mol. The van der Waals surface area contributed by atoms with Crippen molar-refractivity contribution in [1.29, 1.82) is 0 Å². The minimum atomic E-state index is -1.01. The molecule has 0 aliphatic heterocycles. The number of carbonyl (C=O) groups excluding carboxylic acids is 1. The predicted molar refractivity (Wildman–Crippen MR) is 160 cm³/mol. The molecule has 6 nitrogen and oxygen atoms in total. The van der Waals surface area contributed by atoms with Gasteiger partial charge in [0.25, 0.3) is 5.91 Å². The highest BCUT2D eigenvalue weighted by Gasteiger charge is 2.21. The fourth-order valence-electron chi connectivity index (χ4n) is 5.13. The van der Waals surface area contributed by atoms with Crippen LogP contribution in [-0.4, -0.2) is 27.7 Å². The smallest absolute Gasteiger partial charge is 0.344 e. The third kappa shape index (κ3) is 5.91. The van der Waals surface area contributed by atoms with Crippen molar-refractivity contribution < 1.29 is 19.4 Å². The number of ether oxygens (including phenoxy) is 1. The van der Waals surface area contributed by atoms with Crippen molar-refractivity contribution in [3.63, 3.8) is 0 Å². The van der Waals surface area contributed by atoms with Crippen molar-refractivity contribution in [2.45, 2.75) is 79.0 Å². The lowest BCUT2D eigenvalue weighted by atomic mass is 9.86. The molecule has 1 amide bonds. The van der Waals surface area contributed by atoms with Crippen LogP contribution >= 0.6 is 0 Å². The lowest BCUT2D eigenvalue weighted by Gasteiger charge is -2.21. The molecule has 0 aliphatic carbocycles. The van der Waals surface area contributed by atoms with Crippen molar-refractivity contribution >= 4 is 22.8 Å². The molecule has 40 heavy (non-hydrogen) atoms. The Hall–Kier alpha value is -4.06. The van der Waals surface area contributed by atoms with Gasteiger partial charge < -0.3 is 19.7 Å². The molecule has 0 bridgehead atoms. The number of benzene rings is 3. The maximum absolute atomic E-state index is 13.3. The van der Waals surface area contributed by atoms with Gasteiger partial charge in [0.15, 0.2) is 6.10 Å². The third-order valence-electron chi connectivity index (χ3n) is 7.84. The first kappa shape index (κ1) is 28.9. The maximum Gasteiger partial charge on any atom is 0.344 e. The zero-order valence-electron chi connectivity index (χ0n) is 24.7. The number of aryl methyl sites for hydroxylation is 1. The first-order valence-electron chi connectivity index (χ1n) is 13.8. The van der Waals surface area contributed by atoms with Crippen molar-refractivity contribution in [3.8, 4) is 5.75 Å². The summed E-state index contributed by atoms with van der Waals surface area (Å²) in [5.74, 6) is -0.593. The number of nitrogens with one attached hydrogen (secondary N) is 1. The standard InChI is InChI=1S/C34H40N2O4/c1-20-22(3)36(23(4)26-10-9-11-29(18-26)40-24(5)33(38)39)31-17-14-27(19-30(20)31)32(37)35-21(2)25-12-15-28(16-13-25)34(6,7)8/h9-19,21,23-24H,1-8H3,(H,35,37)(H,38,39)/t21-,23?,24-/m0/s1. The van der Waals surface area contributed by atoms with Crippen molar-refractivity contribution in [1.82, 2.24) is 9.88 Å². The largest absolute Gasteiger partial charge is 0.479 e. The Labute approximate surface area is 237 Å². The highest BCUT2D eigenvalue weighted by atomic mass is 16.5. The van der Waals surface area contributed by atoms with Gasteiger partial charge in [-0.05, 0) is 92.6 Å². The van der Waals surface area contributed by atoms with Crippen LogP contribution in [0.2, 0.25) is 0 Å². The minimum absolute atomic E-state index is 0.0318. The van der Waals surface area contributed by atoms with Crippen LogP contribution in [0.1, 0.15) is 91.9 Å². The predicted octanol–water partition coefficient (Wildman–Crippen LogP) is 7.51. The molecular formula is C34H40N2O4. The summed E-state index contributed by atoms with van der Waals surface area (Å²) in [5, 5.41) is 13.4. The highest BCUT2D eigenvalue weighted by molar-refractivity contribution is 5.99. The van der Waals surface area contributed by atoms with E-state index >= 15 is 0 Å². The van der Waals surface area contributed by atoms with Gasteiger partial charge in [0.2, 0.25) is 0 Å². The van der Waals surface area contributed by atoms with Crippen molar-refractivity contribution in [3.05, 3.63) is 100 Å². The van der Waals surface area contributed by atoms with E-state index in [1.165, 1.54) is 12.5 Å². The minimum Gasteiger partial charge on any atom is -0.479 e. The molecule has 1 aromatic heterocycles. The second kappa shape index (κ2) is 11.2. The normalized spacial score (nSPS) is 14.0. The second-order valence-corrected chi connectivity index (χ2v) is 11.7. The van der Waals surface area contributed by atoms with Gasteiger partial charge in [0, 0.05) is 22.2 Å². The first-order chi connectivity index (χ1) is 18.8. The van der Waals surface area contributed by atoms with Crippen molar-refractivity contribution in [2.75, 3.05) is 0 Å². The van der Waals surface area contributed by atoms with Gasteiger partial charge in [-0.1, -0.05) is 57.2 Å². The number of hydrogen-bond acceptors (Lipinski definition) is 3. The van der Waals surface area contributed by atoms with E-state index in [0.717, 1.165) is 33.3 Å². The van der Waals surface area contributed by atoms with Crippen LogP contribution in [0.3, 0.4) is 0 Å². The number of amides is 1. The number of hydrogen-bond donors (Lipinski definition) is 2. The first-order valence-corrected chi connectivity index (χ1v) is 13.8. The number of carboxylic acids is 1. The Morgan fingerprint density at radius 2 is 1.57 bits per heavy atom. The molecule has 4 rings (SSSR count). The summed E-state index contributed by atoms with van der Waals surface area (Å²) in [7, 11) is 0. The zero-order chi connectivity index (χ0) is 29.4. The monoisotopic (exact) mass is 540 g/mol. The van der Waals surface area contributed by atoms with Crippen LogP contribution in [0.5, 0.6) is 5.75 Å². The Kier molecular flexibility index (Phi) is 8.10. The van der Waals surface area contributed by atoms with E-state index < -0.39 is 12.1 Å². The molecule has 4 aromatic rings. The van der Waals surface area contributed by atoms with Crippen LogP contribution in [0.25, 0.3) is 10.9 Å². The number of fused-ring (bicyclic) bond motifs is 1. The molecule has 0 saturated heterocycles. The van der Waals surface area contributed by atoms with Crippen molar-refractivity contribution in [2.24, 2.45) is 0 Å². The third-order valence-corrected chi connectivity index (χ3v) is 7.84. The van der Waals surface area contributed by atoms with Gasteiger partial charge in [0.1, 0.15) is 5.75 Å². The summed E-state index contributed by atoms with van der Waals surface area (Å²) >= 11 is 0. The Morgan fingerprint density at radius 1 is 0.900 bits per heavy atom. The van der Waals surface area contributed by atoms with E-state index in [2.05, 4.69) is 75.7 Å². The summed E-state index contributed by atoms with van der Waals surface area (Å²) in [4.78, 5) is 24.5. The molecule has 1 unspecified atom stereocenters. The number of aliphatic carboxylic acids is 1. The van der Waals surface area contributed by atoms with E-state index in [4.69, 9.17) is 4.74 Å². The van der Waals surface area contributed by atoms with Crippen LogP contribution in [0.15, 0.2) is 66.7 Å². The van der Waals surface area contributed by atoms with Gasteiger partial charge in [-0.15, -0.1) is 0 Å². The SMILES string of the molecule is Cc1c(C)n(C(C)c2cccc(O[C@@H](C)C(=O)O)c2)c2ccc(C(=O)N[C@@H](C)c3ccc(C(C)(C)C)cc3)cc12. The lowest BCUT2D eigenvalue weighted by molar-refractivity contribution is -0.144. The second-order valence-electron chi connectivity index (χ2n) is 11.7. The fraction of sp³-hybridized carbons (Fsp3) is 0.353. The summed E-state index contributed by atoms with van der Waals surface area (Å²) in [6, 6.07) is 21.7. The van der Waals surface area contributed by atoms with Crippen LogP contribution in [0, 0.1) is 13.8 Å². The summed E-state index contributed by atoms with van der Waals surface area (Å²) in [6.07, 6.45) is -0.933. The molecular weight excluding hydrogens is 500 g/mol. The summed E-state index contributed by atoms with van der Waals surface area (Å²) < 4.78 is 7.85. The van der Waals surface area contributed by atoms with Crippen LogP contribution in [0.4, 0.5) is 0 Å². The Morgan fingerprint density at radius 3 is 2.20 bits per heavy atom. The van der Waals surface area contributed by atoms with E-state index in [1.54, 1.807) is 6.07 Å². The number of carboxylic acid groups (broad SMARTS) is 1. The molecule has 1 heterocycles. The molecule has 2 N–H and O–H groups in total. The Bertz CT molecular complexity index is 1540. The topological polar surface area (TPSA) is 80.6 Å². The average Bonchev–Trinajstić information content (AvgIpc) is 3.16. The molecule has 210 valence electrons. The molecule has 0 spiro atoms. The molecule has 3 aromatic carbocycles. The summed E-state index contributed by atoms with van der Waals surface area (Å²) in [5.41, 5.74) is 7.30. The van der Waals surface area contributed by atoms with Crippen LogP contribution < -0.4 is 10.1 Å². The number of aromatic nitrogens is 1. The van der Waals surface area contributed by atoms with Gasteiger partial charge >= 0.3 is 5.97 Å². The van der Waals surface area contributed by atoms with E-state index in [9.17, 15) is 14.7 Å². The lowest BCUT2D eigenvalue weighted by Crippen LogP contribution is -2.26. The highest BCUT2D eigenvalue weighted by Crippen LogP contribution is 2.33. The number of nitrogens with zero attached hydrogens (tertiary/aromatic N) is 1. The molecule has 3 atom stereocenters. The van der Waals surface area contributed by atoms with E-state index in [-0.39, 0.29) is 23.4 Å². The molecule has 0 saturated carbocycles. The molecule has 0 radical (unpaired) electrons.